The quantitative estimate of drug-likeness (QED) is 0.518. The summed E-state index contributed by atoms with van der Waals surface area (Å²) in [5.41, 5.74) is 0. The van der Waals surface area contributed by atoms with E-state index in [0.29, 0.717) is 18.4 Å². The second-order valence-corrected chi connectivity index (χ2v) is 5.62. The predicted molar refractivity (Wildman–Crippen MR) is 74.6 cm³/mol. The molecule has 0 aliphatic carbocycles. The van der Waals surface area contributed by atoms with E-state index in [1.165, 1.54) is 6.42 Å². The third kappa shape index (κ3) is 23.5. The van der Waals surface area contributed by atoms with Gasteiger partial charge in [0.2, 0.25) is 0 Å². The fourth-order valence-corrected chi connectivity index (χ4v) is 1.04. The molecule has 0 aromatic rings. The third-order valence-electron chi connectivity index (χ3n) is 1.90. The van der Waals surface area contributed by atoms with Gasteiger partial charge >= 0.3 is 0 Å². The number of aliphatic hydroxyl groups is 1. The lowest BCUT2D eigenvalue weighted by Crippen LogP contribution is -1.99. The Morgan fingerprint density at radius 1 is 1.00 bits per heavy atom. The molecule has 0 unspecified atom stereocenters. The van der Waals surface area contributed by atoms with Crippen molar-refractivity contribution in [2.24, 2.45) is 17.8 Å². The summed E-state index contributed by atoms with van der Waals surface area (Å²) in [6.45, 7) is 13.3. The molecule has 0 aromatic heterocycles. The normalized spacial score (nSPS) is 13.1. The Balaban J connectivity index is 0. The van der Waals surface area contributed by atoms with Gasteiger partial charge < -0.3 is 5.11 Å². The lowest BCUT2D eigenvalue weighted by atomic mass is 10.0. The summed E-state index contributed by atoms with van der Waals surface area (Å²) in [5, 5.41) is 8.76. The highest BCUT2D eigenvalue weighted by molar-refractivity contribution is 4.84. The summed E-state index contributed by atoms with van der Waals surface area (Å²) in [4.78, 5) is 0. The van der Waals surface area contributed by atoms with Crippen molar-refractivity contribution in [1.29, 1.82) is 0 Å². The molecule has 0 saturated heterocycles. The molecule has 0 bridgehead atoms. The molecule has 1 atom stereocenters. The van der Waals surface area contributed by atoms with E-state index in [4.69, 9.17) is 5.11 Å². The number of allylic oxidation sites excluding steroid dienone is 2. The molecule has 0 amide bonds. The van der Waals surface area contributed by atoms with Gasteiger partial charge in [0.05, 0.1) is 0 Å². The Bertz CT molecular complexity index is 145. The molecule has 0 radical (unpaired) electrons. The molecule has 98 valence electrons. The highest BCUT2D eigenvalue weighted by atomic mass is 16.3. The second kappa shape index (κ2) is 12.8. The van der Waals surface area contributed by atoms with Crippen molar-refractivity contribution in [3.8, 4) is 0 Å². The topological polar surface area (TPSA) is 20.2 Å². The van der Waals surface area contributed by atoms with Crippen LogP contribution in [0.3, 0.4) is 0 Å². The number of aliphatic hydroxyl groups excluding tert-OH is 1. The summed E-state index contributed by atoms with van der Waals surface area (Å²) in [6.07, 6.45) is 7.98. The number of hydrogen-bond acceptors (Lipinski definition) is 1. The molecule has 0 fully saturated rings. The van der Waals surface area contributed by atoms with E-state index in [1.54, 1.807) is 0 Å². The van der Waals surface area contributed by atoms with Gasteiger partial charge in [0, 0.05) is 6.61 Å². The zero-order valence-electron chi connectivity index (χ0n) is 12.2. The van der Waals surface area contributed by atoms with E-state index in [1.807, 2.05) is 0 Å². The van der Waals surface area contributed by atoms with Gasteiger partial charge in [0.15, 0.2) is 0 Å². The van der Waals surface area contributed by atoms with E-state index < -0.39 is 0 Å². The fourth-order valence-electron chi connectivity index (χ4n) is 1.04. The van der Waals surface area contributed by atoms with Gasteiger partial charge in [-0.05, 0) is 37.0 Å². The van der Waals surface area contributed by atoms with Crippen LogP contribution in [0.2, 0.25) is 0 Å². The first-order valence-electron chi connectivity index (χ1n) is 6.67. The SMILES string of the molecule is CC(C)/C=C/CCC[C@H](C)CO.CC(C)C. The summed E-state index contributed by atoms with van der Waals surface area (Å²) < 4.78 is 0. The van der Waals surface area contributed by atoms with E-state index in [2.05, 4.69) is 53.7 Å². The summed E-state index contributed by atoms with van der Waals surface area (Å²) in [6, 6.07) is 0. The minimum atomic E-state index is 0.327. The summed E-state index contributed by atoms with van der Waals surface area (Å²) in [5.74, 6) is 1.97. The maximum Gasteiger partial charge on any atom is 0.0456 e. The van der Waals surface area contributed by atoms with Crippen LogP contribution in [0.15, 0.2) is 12.2 Å². The number of rotatable bonds is 6. The average molecular weight is 228 g/mol. The molecule has 0 aliphatic rings. The molecule has 1 heteroatoms. The van der Waals surface area contributed by atoms with Crippen LogP contribution in [-0.2, 0) is 0 Å². The molecular formula is C15H32O. The zero-order valence-corrected chi connectivity index (χ0v) is 12.2. The van der Waals surface area contributed by atoms with Crippen LogP contribution in [0.4, 0.5) is 0 Å². The van der Waals surface area contributed by atoms with Gasteiger partial charge in [-0.2, -0.15) is 0 Å². The predicted octanol–water partition coefficient (Wildman–Crippen LogP) is 4.66. The first-order chi connectivity index (χ1) is 7.40. The van der Waals surface area contributed by atoms with Crippen molar-refractivity contribution in [2.45, 2.75) is 60.8 Å². The van der Waals surface area contributed by atoms with Crippen LogP contribution >= 0.6 is 0 Å². The van der Waals surface area contributed by atoms with E-state index in [9.17, 15) is 0 Å². The molecule has 0 rings (SSSR count). The maximum atomic E-state index is 8.76. The molecule has 0 heterocycles. The van der Waals surface area contributed by atoms with Crippen LogP contribution in [0.5, 0.6) is 0 Å². The zero-order chi connectivity index (χ0) is 13.0. The highest BCUT2D eigenvalue weighted by Crippen LogP contribution is 2.07. The molecule has 0 aliphatic heterocycles. The van der Waals surface area contributed by atoms with Crippen LogP contribution < -0.4 is 0 Å². The lowest BCUT2D eigenvalue weighted by molar-refractivity contribution is 0.228. The first-order valence-corrected chi connectivity index (χ1v) is 6.67. The Morgan fingerprint density at radius 3 is 1.88 bits per heavy atom. The highest BCUT2D eigenvalue weighted by Gasteiger charge is 1.97. The van der Waals surface area contributed by atoms with Crippen LogP contribution in [-0.4, -0.2) is 11.7 Å². The van der Waals surface area contributed by atoms with E-state index in [-0.39, 0.29) is 0 Å². The van der Waals surface area contributed by atoms with Crippen molar-refractivity contribution < 1.29 is 5.11 Å². The second-order valence-electron chi connectivity index (χ2n) is 5.62. The van der Waals surface area contributed by atoms with Crippen molar-refractivity contribution in [3.05, 3.63) is 12.2 Å². The van der Waals surface area contributed by atoms with Crippen LogP contribution in [0, 0.1) is 17.8 Å². The van der Waals surface area contributed by atoms with Crippen molar-refractivity contribution in [1.82, 2.24) is 0 Å². The molecule has 16 heavy (non-hydrogen) atoms. The molecule has 0 spiro atoms. The average Bonchev–Trinajstić information content (AvgIpc) is 2.15. The van der Waals surface area contributed by atoms with Gasteiger partial charge in [-0.3, -0.25) is 0 Å². The number of hydrogen-bond donors (Lipinski definition) is 1. The Morgan fingerprint density at radius 2 is 1.50 bits per heavy atom. The van der Waals surface area contributed by atoms with Gasteiger partial charge in [-0.1, -0.05) is 53.7 Å². The minimum Gasteiger partial charge on any atom is -0.396 e. The number of unbranched alkanes of at least 4 members (excludes halogenated alkanes) is 1. The standard InChI is InChI=1S/C11H22O.C4H10/c1-10(2)7-5-4-6-8-11(3)9-12;1-4(2)3/h5,7,10-12H,4,6,8-9H2,1-3H3;4H,1-3H3/b7-5+;/t11-;/m0./s1. The van der Waals surface area contributed by atoms with Gasteiger partial charge in [0.1, 0.15) is 0 Å². The van der Waals surface area contributed by atoms with Crippen LogP contribution in [0.1, 0.15) is 60.8 Å². The van der Waals surface area contributed by atoms with Gasteiger partial charge in [-0.25, -0.2) is 0 Å². The van der Waals surface area contributed by atoms with E-state index in [0.717, 1.165) is 18.8 Å². The monoisotopic (exact) mass is 228 g/mol. The molecule has 1 N–H and O–H groups in total. The molecular weight excluding hydrogens is 196 g/mol. The Kier molecular flexibility index (Phi) is 14.4. The summed E-state index contributed by atoms with van der Waals surface area (Å²) in [7, 11) is 0. The first kappa shape index (κ1) is 18.1. The largest absolute Gasteiger partial charge is 0.396 e. The van der Waals surface area contributed by atoms with Crippen molar-refractivity contribution in [2.75, 3.05) is 6.61 Å². The smallest absolute Gasteiger partial charge is 0.0456 e. The fraction of sp³-hybridized carbons (Fsp3) is 0.867. The van der Waals surface area contributed by atoms with Crippen molar-refractivity contribution >= 4 is 0 Å². The molecule has 0 saturated carbocycles. The maximum absolute atomic E-state index is 8.76. The Hall–Kier alpha value is -0.300. The Labute approximate surface area is 103 Å². The lowest BCUT2D eigenvalue weighted by Gasteiger charge is -2.04. The van der Waals surface area contributed by atoms with E-state index >= 15 is 0 Å². The van der Waals surface area contributed by atoms with Crippen molar-refractivity contribution in [3.63, 3.8) is 0 Å². The minimum absolute atomic E-state index is 0.327. The molecule has 0 aromatic carbocycles. The third-order valence-corrected chi connectivity index (χ3v) is 1.90. The van der Waals surface area contributed by atoms with Crippen LogP contribution in [0.25, 0.3) is 0 Å². The summed E-state index contributed by atoms with van der Waals surface area (Å²) >= 11 is 0. The van der Waals surface area contributed by atoms with Gasteiger partial charge in [0.25, 0.3) is 0 Å². The van der Waals surface area contributed by atoms with Gasteiger partial charge in [-0.15, -0.1) is 0 Å². The molecule has 1 nitrogen and oxygen atoms in total.